The molecule has 0 unspecified atom stereocenters. The van der Waals surface area contributed by atoms with Gasteiger partial charge in [-0.05, 0) is 72.1 Å². The lowest BCUT2D eigenvalue weighted by Crippen LogP contribution is -2.17. The average molecular weight is 695 g/mol. The molecular weight excluding hydrogens is 635 g/mol. The van der Waals surface area contributed by atoms with E-state index in [-0.39, 0.29) is 12.7 Å². The highest BCUT2D eigenvalue weighted by Crippen LogP contribution is 2.26. The van der Waals surface area contributed by atoms with Crippen molar-refractivity contribution in [2.75, 3.05) is 13.7 Å². The Kier molecular flexibility index (Phi) is 34.9. The molecule has 0 amide bonds. The summed E-state index contributed by atoms with van der Waals surface area (Å²) in [6, 6.07) is 0. The van der Waals surface area contributed by atoms with Gasteiger partial charge in [0.15, 0.2) is 0 Å². The third kappa shape index (κ3) is 39.4. The highest BCUT2D eigenvalue weighted by atomic mass is 31.2. The lowest BCUT2D eigenvalue weighted by molar-refractivity contribution is -0.832. The van der Waals surface area contributed by atoms with Crippen molar-refractivity contribution >= 4 is 7.82 Å². The van der Waals surface area contributed by atoms with Crippen LogP contribution < -0.4 is 0 Å². The van der Waals surface area contributed by atoms with Crippen LogP contribution in [0.25, 0.3) is 0 Å². The molecule has 0 atom stereocenters. The molecule has 0 heterocycles. The molecule has 3 N–H and O–H groups in total. The number of hydrogen-bond donors (Lipinski definition) is 3. The molecule has 1 aliphatic rings. The van der Waals surface area contributed by atoms with E-state index in [2.05, 4.69) is 52.1 Å². The second-order valence-corrected chi connectivity index (χ2v) is 12.0. The van der Waals surface area contributed by atoms with Crippen LogP contribution in [0.3, 0.4) is 0 Å². The molecule has 0 bridgehead atoms. The topological polar surface area (TPSA) is 189 Å². The summed E-state index contributed by atoms with van der Waals surface area (Å²) < 4.78 is 8.88. The Morgan fingerprint density at radius 3 is 1.61 bits per heavy atom. The molecule has 1 rings (SSSR count). The summed E-state index contributed by atoms with van der Waals surface area (Å²) in [5.74, 6) is 0.542. The Hall–Kier alpha value is -0.790. The van der Waals surface area contributed by atoms with Gasteiger partial charge in [-0.1, -0.05) is 122 Å². The lowest BCUT2D eigenvalue weighted by atomic mass is 9.98. The van der Waals surface area contributed by atoms with Crippen molar-refractivity contribution in [1.82, 2.24) is 0 Å². The first-order chi connectivity index (χ1) is 22.4. The van der Waals surface area contributed by atoms with Gasteiger partial charge in [-0.15, -0.1) is 0 Å². The lowest BCUT2D eigenvalue weighted by Gasteiger charge is -2.18. The summed E-state index contributed by atoms with van der Waals surface area (Å²) in [4.78, 5) is 40.9. The number of allylic oxidation sites excluding steroid dienone is 1. The maximum Gasteiger partial charge on any atom is 0.466 e. The minimum absolute atomic E-state index is 0.0348. The van der Waals surface area contributed by atoms with E-state index in [1.54, 1.807) is 0 Å². The molecule has 0 spiro atoms. The van der Waals surface area contributed by atoms with Gasteiger partial charge in [0.05, 0.1) is 19.8 Å². The minimum atomic E-state index is -4.64. The van der Waals surface area contributed by atoms with E-state index < -0.39 is 7.82 Å². The molecule has 0 radical (unpaired) electrons. The number of unbranched alkanes of at least 4 members (excludes halogenated alkanes) is 16. The van der Waals surface area contributed by atoms with Gasteiger partial charge in [-0.25, -0.2) is 14.3 Å². The minimum Gasteiger partial charge on any atom is -0.313 e. The van der Waals surface area contributed by atoms with Gasteiger partial charge in [-0.3, -0.25) is 0 Å². The third-order valence-corrected chi connectivity index (χ3v) is 7.01. The van der Waals surface area contributed by atoms with Crippen LogP contribution in [0.4, 0.5) is 0 Å². The summed E-state index contributed by atoms with van der Waals surface area (Å²) in [5.41, 5.74) is 0. The average Bonchev–Trinajstić information content (AvgIpc) is 3.03. The van der Waals surface area contributed by atoms with Gasteiger partial charge >= 0.3 is 7.82 Å². The van der Waals surface area contributed by atoms with E-state index in [1.807, 2.05) is 6.08 Å². The van der Waals surface area contributed by atoms with Crippen molar-refractivity contribution in [3.63, 3.8) is 0 Å². The standard InChI is InChI=1S/C29H56O12.H3O4P/c1-3-4-5-6-7-8-9-10-11-12-13-14-15-16-17-18-20-25-29(32-34-30-2)26-27-31-35-37-39-41-40-38-36-33-28-23-21-19-22-24-28;1-5(2,3)4/h25,28H,3-24,26-27H2,1-2H3;(H3,1,2,3,4). The van der Waals surface area contributed by atoms with Gasteiger partial charge in [0.1, 0.15) is 5.76 Å². The van der Waals surface area contributed by atoms with Crippen LogP contribution in [0.15, 0.2) is 11.8 Å². The van der Waals surface area contributed by atoms with Gasteiger partial charge in [-0.2, -0.15) is 4.89 Å². The number of rotatable bonds is 32. The second kappa shape index (κ2) is 35.5. The van der Waals surface area contributed by atoms with Gasteiger partial charge in [0.2, 0.25) is 0 Å². The van der Waals surface area contributed by atoms with Crippen molar-refractivity contribution in [2.24, 2.45) is 0 Å². The maximum absolute atomic E-state index is 8.88. The zero-order valence-electron chi connectivity index (χ0n) is 27.7. The van der Waals surface area contributed by atoms with Crippen LogP contribution in [0, 0.1) is 0 Å². The quantitative estimate of drug-likeness (QED) is 0.0200. The molecule has 17 heteroatoms. The highest BCUT2D eigenvalue weighted by Gasteiger charge is 2.15. The van der Waals surface area contributed by atoms with Crippen LogP contribution in [-0.2, 0) is 64.4 Å². The van der Waals surface area contributed by atoms with Crippen molar-refractivity contribution < 1.29 is 79.1 Å². The molecule has 0 aromatic rings. The first-order valence-corrected chi connectivity index (χ1v) is 18.2. The molecule has 276 valence electrons. The highest BCUT2D eigenvalue weighted by molar-refractivity contribution is 7.45. The Bertz CT molecular complexity index is 682. The van der Waals surface area contributed by atoms with Crippen molar-refractivity contribution in [1.29, 1.82) is 0 Å². The third-order valence-electron chi connectivity index (χ3n) is 7.01. The van der Waals surface area contributed by atoms with Gasteiger partial charge in [0.25, 0.3) is 0 Å². The zero-order chi connectivity index (χ0) is 33.8. The summed E-state index contributed by atoms with van der Waals surface area (Å²) in [7, 11) is -3.28. The zero-order valence-corrected chi connectivity index (χ0v) is 28.6. The molecule has 16 nitrogen and oxygen atoms in total. The SMILES string of the molecule is CCCCCCCCCCCCCCCCCCC=C(CCOOOOOOOOOC1CCCCC1)OOOC.O=P(O)(O)O. The molecular formula is C29H59O16P. The summed E-state index contributed by atoms with van der Waals surface area (Å²) in [6.07, 6.45) is 29.7. The van der Waals surface area contributed by atoms with Crippen molar-refractivity contribution in [3.8, 4) is 0 Å². The number of phosphoric acid groups is 1. The van der Waals surface area contributed by atoms with Crippen LogP contribution in [-0.4, -0.2) is 34.5 Å². The Morgan fingerprint density at radius 2 is 1.11 bits per heavy atom. The van der Waals surface area contributed by atoms with Crippen LogP contribution in [0.1, 0.15) is 155 Å². The van der Waals surface area contributed by atoms with E-state index >= 15 is 0 Å². The number of hydrogen-bond acceptors (Lipinski definition) is 13. The Balaban J connectivity index is 0.00000373. The molecule has 0 aromatic carbocycles. The second-order valence-electron chi connectivity index (χ2n) is 11.0. The van der Waals surface area contributed by atoms with Gasteiger partial charge < -0.3 is 19.6 Å². The Morgan fingerprint density at radius 1 is 0.652 bits per heavy atom. The van der Waals surface area contributed by atoms with E-state index in [0.29, 0.717) is 12.2 Å². The normalized spacial score (nSPS) is 14.3. The fourth-order valence-corrected chi connectivity index (χ4v) is 4.70. The fraction of sp³-hybridized carbons (Fsp3) is 0.931. The van der Waals surface area contributed by atoms with E-state index in [0.717, 1.165) is 38.5 Å². The molecule has 46 heavy (non-hydrogen) atoms. The van der Waals surface area contributed by atoms with Crippen LogP contribution >= 0.6 is 7.82 Å². The maximum atomic E-state index is 8.88. The van der Waals surface area contributed by atoms with Gasteiger partial charge in [0, 0.05) is 6.42 Å². The Labute approximate surface area is 273 Å². The van der Waals surface area contributed by atoms with Crippen LogP contribution in [0.2, 0.25) is 0 Å². The monoisotopic (exact) mass is 694 g/mol. The largest absolute Gasteiger partial charge is 0.466 e. The summed E-state index contributed by atoms with van der Waals surface area (Å²) >= 11 is 0. The van der Waals surface area contributed by atoms with E-state index in [1.165, 1.54) is 110 Å². The molecule has 1 saturated carbocycles. The molecule has 0 saturated heterocycles. The molecule has 1 aliphatic carbocycles. The van der Waals surface area contributed by atoms with Crippen molar-refractivity contribution in [3.05, 3.63) is 11.8 Å². The first-order valence-electron chi connectivity index (χ1n) is 16.7. The van der Waals surface area contributed by atoms with Crippen molar-refractivity contribution in [2.45, 2.75) is 161 Å². The van der Waals surface area contributed by atoms with E-state index in [4.69, 9.17) is 33.9 Å². The van der Waals surface area contributed by atoms with Crippen LogP contribution in [0.5, 0.6) is 0 Å². The molecule has 1 fully saturated rings. The predicted molar refractivity (Wildman–Crippen MR) is 162 cm³/mol. The predicted octanol–water partition coefficient (Wildman–Crippen LogP) is 8.30. The smallest absolute Gasteiger partial charge is 0.313 e. The molecule has 0 aliphatic heterocycles. The fourth-order valence-electron chi connectivity index (χ4n) is 4.70. The van der Waals surface area contributed by atoms with E-state index in [9.17, 15) is 0 Å². The first kappa shape index (κ1) is 45.2. The molecule has 0 aromatic heterocycles. The summed E-state index contributed by atoms with van der Waals surface area (Å²) in [6.45, 7) is 2.35. The summed E-state index contributed by atoms with van der Waals surface area (Å²) in [5, 5.41) is 33.7.